The zero-order chi connectivity index (χ0) is 33.3. The van der Waals surface area contributed by atoms with Crippen molar-refractivity contribution in [2.75, 3.05) is 0 Å². The minimum atomic E-state index is 0.704. The first-order chi connectivity index (χ1) is 24.8. The van der Waals surface area contributed by atoms with Crippen molar-refractivity contribution < 1.29 is 0 Å². The van der Waals surface area contributed by atoms with Gasteiger partial charge < -0.3 is 0 Å². The molecular weight excluding hydrogens is 605 g/mol. The van der Waals surface area contributed by atoms with Gasteiger partial charge in [0, 0.05) is 16.7 Å². The summed E-state index contributed by atoms with van der Waals surface area (Å²) in [5, 5.41) is 4.96. The predicted octanol–water partition coefficient (Wildman–Crippen LogP) is 12.8. The fourth-order valence-electron chi connectivity index (χ4n) is 7.12. The third-order valence-electron chi connectivity index (χ3n) is 9.47. The van der Waals surface area contributed by atoms with Crippen molar-refractivity contribution in [1.29, 1.82) is 0 Å². The number of aromatic nitrogens is 2. The lowest BCUT2D eigenvalue weighted by atomic mass is 9.85. The smallest absolute Gasteiger partial charge is 0.160 e. The van der Waals surface area contributed by atoms with Crippen LogP contribution in [-0.2, 0) is 0 Å². The van der Waals surface area contributed by atoms with Crippen LogP contribution in [0.2, 0.25) is 0 Å². The second-order valence-electron chi connectivity index (χ2n) is 12.6. The van der Waals surface area contributed by atoms with Gasteiger partial charge in [0.2, 0.25) is 0 Å². The summed E-state index contributed by atoms with van der Waals surface area (Å²) in [6.07, 6.45) is 0. The van der Waals surface area contributed by atoms with Gasteiger partial charge in [0.15, 0.2) is 5.82 Å². The molecule has 0 N–H and O–H groups in total. The summed E-state index contributed by atoms with van der Waals surface area (Å²) in [6.45, 7) is 0. The van der Waals surface area contributed by atoms with Crippen LogP contribution >= 0.6 is 0 Å². The van der Waals surface area contributed by atoms with Crippen LogP contribution in [0.3, 0.4) is 0 Å². The highest BCUT2D eigenvalue weighted by molar-refractivity contribution is 6.22. The van der Waals surface area contributed by atoms with Gasteiger partial charge in [0.05, 0.1) is 11.4 Å². The van der Waals surface area contributed by atoms with Gasteiger partial charge in [-0.2, -0.15) is 0 Å². The molecule has 234 valence electrons. The van der Waals surface area contributed by atoms with Crippen molar-refractivity contribution in [3.63, 3.8) is 0 Å². The Bertz CT molecular complexity index is 2560. The number of nitrogens with zero attached hydrogens (tertiary/aromatic N) is 2. The molecule has 0 saturated carbocycles. The van der Waals surface area contributed by atoms with Crippen LogP contribution in [-0.4, -0.2) is 9.97 Å². The molecule has 9 aromatic rings. The molecule has 0 unspecified atom stereocenters. The molecule has 2 nitrogen and oxygen atoms in total. The Labute approximate surface area is 292 Å². The van der Waals surface area contributed by atoms with E-state index < -0.39 is 0 Å². The van der Waals surface area contributed by atoms with Crippen molar-refractivity contribution in [3.8, 4) is 67.3 Å². The Morgan fingerprint density at radius 2 is 0.640 bits per heavy atom. The van der Waals surface area contributed by atoms with Gasteiger partial charge in [-0.05, 0) is 73.1 Å². The van der Waals surface area contributed by atoms with Crippen molar-refractivity contribution in [1.82, 2.24) is 9.97 Å². The Morgan fingerprint density at radius 3 is 1.18 bits per heavy atom. The molecule has 0 aliphatic rings. The largest absolute Gasteiger partial charge is 0.228 e. The van der Waals surface area contributed by atoms with Gasteiger partial charge in [-0.15, -0.1) is 0 Å². The van der Waals surface area contributed by atoms with Crippen LogP contribution in [0.1, 0.15) is 0 Å². The van der Waals surface area contributed by atoms with Gasteiger partial charge in [0.25, 0.3) is 0 Å². The molecule has 50 heavy (non-hydrogen) atoms. The predicted molar refractivity (Wildman–Crippen MR) is 210 cm³/mol. The molecule has 9 rings (SSSR count). The minimum absolute atomic E-state index is 0.704. The van der Waals surface area contributed by atoms with E-state index in [4.69, 9.17) is 9.97 Å². The summed E-state index contributed by atoms with van der Waals surface area (Å²) in [6, 6.07) is 68.7. The molecular formula is C48H32N2. The molecule has 1 heterocycles. The molecule has 0 fully saturated rings. The lowest BCUT2D eigenvalue weighted by Crippen LogP contribution is -1.96. The lowest BCUT2D eigenvalue weighted by molar-refractivity contribution is 1.18. The monoisotopic (exact) mass is 636 g/mol. The van der Waals surface area contributed by atoms with E-state index in [1.807, 2.05) is 12.1 Å². The third-order valence-corrected chi connectivity index (χ3v) is 9.47. The first kappa shape index (κ1) is 29.5. The Morgan fingerprint density at radius 1 is 0.240 bits per heavy atom. The maximum absolute atomic E-state index is 5.11. The Hall–Kier alpha value is -6.64. The molecule has 0 aliphatic heterocycles. The quantitative estimate of drug-likeness (QED) is 0.170. The van der Waals surface area contributed by atoms with E-state index >= 15 is 0 Å². The molecule has 0 bridgehead atoms. The summed E-state index contributed by atoms with van der Waals surface area (Å²) in [7, 11) is 0. The number of hydrogen-bond donors (Lipinski definition) is 0. The average Bonchev–Trinajstić information content (AvgIpc) is 3.21. The maximum Gasteiger partial charge on any atom is 0.160 e. The second-order valence-corrected chi connectivity index (χ2v) is 12.6. The average molecular weight is 637 g/mol. The van der Waals surface area contributed by atoms with Crippen molar-refractivity contribution in [2.24, 2.45) is 0 Å². The van der Waals surface area contributed by atoms with Crippen LogP contribution in [0.25, 0.3) is 88.8 Å². The van der Waals surface area contributed by atoms with E-state index in [0.717, 1.165) is 39.2 Å². The first-order valence-corrected chi connectivity index (χ1v) is 17.0. The van der Waals surface area contributed by atoms with E-state index in [9.17, 15) is 0 Å². The van der Waals surface area contributed by atoms with E-state index in [1.165, 1.54) is 43.8 Å². The Kier molecular flexibility index (Phi) is 7.53. The van der Waals surface area contributed by atoms with Crippen LogP contribution in [0.15, 0.2) is 194 Å². The van der Waals surface area contributed by atoms with Crippen LogP contribution in [0.4, 0.5) is 0 Å². The zero-order valence-corrected chi connectivity index (χ0v) is 27.4. The van der Waals surface area contributed by atoms with E-state index in [2.05, 4.69) is 182 Å². The number of fused-ring (bicyclic) bond motifs is 2. The summed E-state index contributed by atoms with van der Waals surface area (Å²) in [4.78, 5) is 10.2. The highest BCUT2D eigenvalue weighted by Gasteiger charge is 2.18. The van der Waals surface area contributed by atoms with Crippen LogP contribution < -0.4 is 0 Å². The molecule has 0 saturated heterocycles. The number of benzene rings is 8. The van der Waals surface area contributed by atoms with Gasteiger partial charge in [-0.3, -0.25) is 0 Å². The highest BCUT2D eigenvalue weighted by atomic mass is 14.9. The molecule has 8 aromatic carbocycles. The SMILES string of the molecule is c1ccc(-c2cc(-c3ccccc3)nc(-c3cccc(-c4ccc5c(-c6ccccc6)c6ccccc6c(-c6ccccc6)c5c4)c3)n2)cc1. The third kappa shape index (κ3) is 5.43. The molecule has 0 amide bonds. The lowest BCUT2D eigenvalue weighted by Gasteiger charge is -2.19. The normalized spacial score (nSPS) is 11.2. The van der Waals surface area contributed by atoms with Crippen molar-refractivity contribution >= 4 is 21.5 Å². The molecule has 2 heteroatoms. The second kappa shape index (κ2) is 12.8. The molecule has 0 aliphatic carbocycles. The fraction of sp³-hybridized carbons (Fsp3) is 0. The summed E-state index contributed by atoms with van der Waals surface area (Å²) in [5.74, 6) is 0.704. The van der Waals surface area contributed by atoms with Crippen LogP contribution in [0.5, 0.6) is 0 Å². The maximum atomic E-state index is 5.11. The molecule has 0 radical (unpaired) electrons. The Balaban J connectivity index is 1.25. The molecule has 1 aromatic heterocycles. The fourth-order valence-corrected chi connectivity index (χ4v) is 7.12. The summed E-state index contributed by atoms with van der Waals surface area (Å²) < 4.78 is 0. The minimum Gasteiger partial charge on any atom is -0.228 e. The van der Waals surface area contributed by atoms with E-state index in [0.29, 0.717) is 5.82 Å². The van der Waals surface area contributed by atoms with Crippen molar-refractivity contribution in [2.45, 2.75) is 0 Å². The molecule has 0 spiro atoms. The highest BCUT2D eigenvalue weighted by Crippen LogP contribution is 2.45. The topological polar surface area (TPSA) is 25.8 Å². The van der Waals surface area contributed by atoms with Crippen molar-refractivity contribution in [3.05, 3.63) is 194 Å². The van der Waals surface area contributed by atoms with E-state index in [-0.39, 0.29) is 0 Å². The molecule has 0 atom stereocenters. The zero-order valence-electron chi connectivity index (χ0n) is 27.4. The number of rotatable bonds is 6. The van der Waals surface area contributed by atoms with Crippen LogP contribution in [0, 0.1) is 0 Å². The van der Waals surface area contributed by atoms with Gasteiger partial charge in [-0.25, -0.2) is 9.97 Å². The summed E-state index contributed by atoms with van der Waals surface area (Å²) in [5.41, 5.74) is 12.1. The van der Waals surface area contributed by atoms with Gasteiger partial charge in [-0.1, -0.05) is 176 Å². The first-order valence-electron chi connectivity index (χ1n) is 17.0. The number of hydrogen-bond acceptors (Lipinski definition) is 2. The van der Waals surface area contributed by atoms with E-state index in [1.54, 1.807) is 0 Å². The van der Waals surface area contributed by atoms with Gasteiger partial charge >= 0.3 is 0 Å². The summed E-state index contributed by atoms with van der Waals surface area (Å²) >= 11 is 0. The van der Waals surface area contributed by atoms with Gasteiger partial charge in [0.1, 0.15) is 0 Å². The standard InChI is InChI=1S/C48H32N2/c1-5-16-33(17-6-1)44-32-45(34-18-7-2-8-19-34)50-48(49-44)39-25-15-24-37(30-39)38-28-29-42-43(31-38)47(36-22-11-4-12-23-36)41-27-14-13-26-40(41)46(42)35-20-9-3-10-21-35/h1-32H.